The van der Waals surface area contributed by atoms with Crippen LogP contribution in [0.4, 0.5) is 0 Å². The lowest BCUT2D eigenvalue weighted by atomic mass is 10.2. The molecule has 0 rings (SSSR count). The third-order valence-electron chi connectivity index (χ3n) is 2.86. The van der Waals surface area contributed by atoms with Gasteiger partial charge in [0, 0.05) is 13.2 Å². The van der Waals surface area contributed by atoms with Gasteiger partial charge in [-0.3, -0.25) is 0 Å². The van der Waals surface area contributed by atoms with Crippen LogP contribution in [-0.4, -0.2) is 13.2 Å². The van der Waals surface area contributed by atoms with E-state index in [4.69, 9.17) is 4.74 Å². The van der Waals surface area contributed by atoms with E-state index in [1.807, 2.05) is 0 Å². The lowest BCUT2D eigenvalue weighted by Crippen LogP contribution is -1.92. The van der Waals surface area contributed by atoms with Gasteiger partial charge in [-0.25, -0.2) is 0 Å². The second kappa shape index (κ2) is 31.4. The van der Waals surface area contributed by atoms with Crippen molar-refractivity contribution in [1.29, 1.82) is 0 Å². The molecule has 126 valence electrons. The first-order chi connectivity index (χ1) is 9.74. The molecule has 0 bridgehead atoms. The van der Waals surface area contributed by atoms with Gasteiger partial charge in [0.2, 0.25) is 0 Å². The Bertz CT molecular complexity index is 90.3. The standard InChI is InChI=1S/C7H16.C6H14O.C6H14/c2*1-3-5-7-6-4-2;1-3-5-6-4-2/h3-7H2,1-2H3;3-6H2,1-2H3;3-6H2,1-2H3. The summed E-state index contributed by atoms with van der Waals surface area (Å²) in [6.07, 6.45) is 14.8. The summed E-state index contributed by atoms with van der Waals surface area (Å²) in [5.74, 6) is 0. The van der Waals surface area contributed by atoms with E-state index in [0.717, 1.165) is 26.1 Å². The zero-order valence-electron chi connectivity index (χ0n) is 15.6. The summed E-state index contributed by atoms with van der Waals surface area (Å²) in [7, 11) is 0. The van der Waals surface area contributed by atoms with Crippen LogP contribution in [0.5, 0.6) is 0 Å². The molecule has 0 aromatic heterocycles. The van der Waals surface area contributed by atoms with E-state index >= 15 is 0 Å². The van der Waals surface area contributed by atoms with Crippen molar-refractivity contribution in [1.82, 2.24) is 0 Å². The van der Waals surface area contributed by atoms with E-state index in [2.05, 4.69) is 41.5 Å². The molecule has 0 unspecified atom stereocenters. The molecular formula is C19H44O. The summed E-state index contributed by atoms with van der Waals surface area (Å²) in [6.45, 7) is 15.0. The lowest BCUT2D eigenvalue weighted by molar-refractivity contribution is 0.135. The van der Waals surface area contributed by atoms with Crippen LogP contribution in [-0.2, 0) is 4.74 Å². The normalized spacial score (nSPS) is 9.30. The van der Waals surface area contributed by atoms with Gasteiger partial charge in [0.15, 0.2) is 0 Å². The minimum atomic E-state index is 0.924. The maximum Gasteiger partial charge on any atom is 0.0463 e. The van der Waals surface area contributed by atoms with Crippen LogP contribution >= 0.6 is 0 Å². The van der Waals surface area contributed by atoms with Gasteiger partial charge in [0.05, 0.1) is 0 Å². The zero-order valence-corrected chi connectivity index (χ0v) is 15.6. The average Bonchev–Trinajstić information content (AvgIpc) is 2.48. The summed E-state index contributed by atoms with van der Waals surface area (Å²) in [6, 6.07) is 0. The third-order valence-corrected chi connectivity index (χ3v) is 2.86. The topological polar surface area (TPSA) is 9.23 Å². The summed E-state index contributed by atoms with van der Waals surface area (Å²) in [5, 5.41) is 0. The first kappa shape index (κ1) is 24.9. The zero-order chi connectivity index (χ0) is 15.9. The predicted octanol–water partition coefficient (Wildman–Crippen LogP) is 7.39. The molecule has 0 amide bonds. The van der Waals surface area contributed by atoms with E-state index < -0.39 is 0 Å². The smallest absolute Gasteiger partial charge is 0.0463 e. The first-order valence-corrected chi connectivity index (χ1v) is 9.32. The molecular weight excluding hydrogens is 244 g/mol. The molecule has 0 spiro atoms. The highest BCUT2D eigenvalue weighted by molar-refractivity contribution is 4.36. The Balaban J connectivity index is -0.000000218. The van der Waals surface area contributed by atoms with E-state index in [1.54, 1.807) is 0 Å². The van der Waals surface area contributed by atoms with Crippen LogP contribution < -0.4 is 0 Å². The molecule has 0 aromatic carbocycles. The Morgan fingerprint density at radius 1 is 0.400 bits per heavy atom. The predicted molar refractivity (Wildman–Crippen MR) is 95.7 cm³/mol. The van der Waals surface area contributed by atoms with Gasteiger partial charge in [0.1, 0.15) is 0 Å². The molecule has 1 heteroatoms. The van der Waals surface area contributed by atoms with Crippen LogP contribution in [0.15, 0.2) is 0 Å². The maximum absolute atomic E-state index is 5.13. The first-order valence-electron chi connectivity index (χ1n) is 9.32. The molecule has 0 aromatic rings. The molecule has 0 N–H and O–H groups in total. The van der Waals surface area contributed by atoms with E-state index in [1.165, 1.54) is 57.8 Å². The Kier molecular flexibility index (Phi) is 39.1. The molecule has 0 aliphatic carbocycles. The fourth-order valence-electron chi connectivity index (χ4n) is 1.57. The SMILES string of the molecule is CCCCCC.CCCCCCC.CCCOCCC. The van der Waals surface area contributed by atoms with Crippen LogP contribution in [0.3, 0.4) is 0 Å². The number of rotatable bonds is 11. The fraction of sp³-hybridized carbons (Fsp3) is 1.00. The van der Waals surface area contributed by atoms with Crippen molar-refractivity contribution >= 4 is 0 Å². The van der Waals surface area contributed by atoms with Crippen LogP contribution in [0.1, 0.15) is 112 Å². The minimum absolute atomic E-state index is 0.924. The van der Waals surface area contributed by atoms with Crippen LogP contribution in [0.25, 0.3) is 0 Å². The number of ether oxygens (including phenoxy) is 1. The molecule has 0 aliphatic rings. The largest absolute Gasteiger partial charge is 0.381 e. The van der Waals surface area contributed by atoms with Crippen molar-refractivity contribution in [2.75, 3.05) is 13.2 Å². The summed E-state index contributed by atoms with van der Waals surface area (Å²) < 4.78 is 5.13. The number of hydrogen-bond acceptors (Lipinski definition) is 1. The summed E-state index contributed by atoms with van der Waals surface area (Å²) in [4.78, 5) is 0. The Hall–Kier alpha value is -0.0400. The van der Waals surface area contributed by atoms with Gasteiger partial charge >= 0.3 is 0 Å². The van der Waals surface area contributed by atoms with Gasteiger partial charge in [0.25, 0.3) is 0 Å². The molecule has 0 saturated heterocycles. The van der Waals surface area contributed by atoms with Gasteiger partial charge in [-0.05, 0) is 12.8 Å². The minimum Gasteiger partial charge on any atom is -0.381 e. The van der Waals surface area contributed by atoms with E-state index in [-0.39, 0.29) is 0 Å². The Labute approximate surface area is 130 Å². The van der Waals surface area contributed by atoms with Gasteiger partial charge in [-0.1, -0.05) is 99.3 Å². The second-order valence-corrected chi connectivity index (χ2v) is 5.38. The molecule has 0 heterocycles. The maximum atomic E-state index is 5.13. The molecule has 20 heavy (non-hydrogen) atoms. The fourth-order valence-corrected chi connectivity index (χ4v) is 1.57. The second-order valence-electron chi connectivity index (χ2n) is 5.38. The highest BCUT2D eigenvalue weighted by Gasteiger charge is 1.80. The Morgan fingerprint density at radius 3 is 0.950 bits per heavy atom. The molecule has 0 saturated carbocycles. The summed E-state index contributed by atoms with van der Waals surface area (Å²) in [5.41, 5.74) is 0. The molecule has 0 radical (unpaired) electrons. The number of hydrogen-bond donors (Lipinski definition) is 0. The van der Waals surface area contributed by atoms with E-state index in [0.29, 0.717) is 0 Å². The van der Waals surface area contributed by atoms with Crippen LogP contribution in [0, 0.1) is 0 Å². The van der Waals surface area contributed by atoms with Crippen LogP contribution in [0.2, 0.25) is 0 Å². The van der Waals surface area contributed by atoms with E-state index in [9.17, 15) is 0 Å². The molecule has 1 nitrogen and oxygen atoms in total. The third kappa shape index (κ3) is 43.0. The molecule has 0 atom stereocenters. The van der Waals surface area contributed by atoms with Crippen molar-refractivity contribution in [2.45, 2.75) is 112 Å². The Morgan fingerprint density at radius 2 is 0.700 bits per heavy atom. The van der Waals surface area contributed by atoms with Gasteiger partial charge < -0.3 is 4.74 Å². The monoisotopic (exact) mass is 288 g/mol. The van der Waals surface area contributed by atoms with Crippen molar-refractivity contribution < 1.29 is 4.74 Å². The lowest BCUT2D eigenvalue weighted by Gasteiger charge is -1.95. The summed E-state index contributed by atoms with van der Waals surface area (Å²) >= 11 is 0. The van der Waals surface area contributed by atoms with Crippen molar-refractivity contribution in [3.05, 3.63) is 0 Å². The van der Waals surface area contributed by atoms with Gasteiger partial charge in [-0.15, -0.1) is 0 Å². The molecule has 0 aliphatic heterocycles. The van der Waals surface area contributed by atoms with Crippen molar-refractivity contribution in [3.63, 3.8) is 0 Å². The van der Waals surface area contributed by atoms with Gasteiger partial charge in [-0.2, -0.15) is 0 Å². The average molecular weight is 289 g/mol. The molecule has 0 fully saturated rings. The quantitative estimate of drug-likeness (QED) is 0.360. The highest BCUT2D eigenvalue weighted by Crippen LogP contribution is 2.00. The highest BCUT2D eigenvalue weighted by atomic mass is 16.5. The van der Waals surface area contributed by atoms with Crippen molar-refractivity contribution in [2.24, 2.45) is 0 Å². The number of unbranched alkanes of at least 4 members (excludes halogenated alkanes) is 7. The van der Waals surface area contributed by atoms with Crippen molar-refractivity contribution in [3.8, 4) is 0 Å².